The summed E-state index contributed by atoms with van der Waals surface area (Å²) >= 11 is 5.70. The van der Waals surface area contributed by atoms with Crippen molar-refractivity contribution in [3.8, 4) is 0 Å². The van der Waals surface area contributed by atoms with Crippen LogP contribution >= 0.6 is 11.6 Å². The first-order chi connectivity index (χ1) is 5.61. The summed E-state index contributed by atoms with van der Waals surface area (Å²) < 4.78 is 0. The molecule has 0 bridgehead atoms. The molecule has 0 aromatic carbocycles. The molecule has 1 atom stereocenters. The van der Waals surface area contributed by atoms with Crippen molar-refractivity contribution >= 4 is 17.5 Å². The molecule has 0 unspecified atom stereocenters. The third kappa shape index (κ3) is 2.35. The number of carbonyl (C=O) groups is 1. The molecule has 0 aliphatic carbocycles. The second-order valence-corrected chi connectivity index (χ2v) is 4.05. The minimum absolute atomic E-state index is 0.0733. The van der Waals surface area contributed by atoms with Crippen molar-refractivity contribution in [3.05, 3.63) is 0 Å². The summed E-state index contributed by atoms with van der Waals surface area (Å²) in [5.74, 6) is 0.0733. The van der Waals surface area contributed by atoms with Crippen molar-refractivity contribution in [3.63, 3.8) is 0 Å². The van der Waals surface area contributed by atoms with Gasteiger partial charge >= 0.3 is 0 Å². The van der Waals surface area contributed by atoms with Gasteiger partial charge in [-0.2, -0.15) is 0 Å². The summed E-state index contributed by atoms with van der Waals surface area (Å²) in [6.45, 7) is 5.50. The van der Waals surface area contributed by atoms with Gasteiger partial charge in [-0.3, -0.25) is 4.79 Å². The molecule has 1 heterocycles. The molecule has 1 aliphatic heterocycles. The molecule has 1 aliphatic rings. The Hall–Kier alpha value is -0.280. The quantitative estimate of drug-likeness (QED) is 0.527. The smallest absolute Gasteiger partial charge is 0.240 e. The molecule has 0 radical (unpaired) electrons. The number of hydrogen-bond donors (Lipinski definition) is 1. The Morgan fingerprint density at radius 2 is 2.00 bits per heavy atom. The van der Waals surface area contributed by atoms with Crippen LogP contribution in [0.25, 0.3) is 0 Å². The first-order valence-electron chi connectivity index (χ1n) is 4.35. The number of amides is 1. The first kappa shape index (κ1) is 9.81. The maximum absolute atomic E-state index is 11.4. The normalized spacial score (nSPS) is 22.4. The Balaban J connectivity index is 2.39. The van der Waals surface area contributed by atoms with E-state index in [0.29, 0.717) is 0 Å². The molecular weight excluding hydrogens is 176 g/mol. The number of halogens is 1. The zero-order valence-corrected chi connectivity index (χ0v) is 8.40. The maximum Gasteiger partial charge on any atom is 0.240 e. The predicted octanol–water partition coefficient (Wildman–Crippen LogP) is -1.03. The molecule has 1 saturated heterocycles. The van der Waals surface area contributed by atoms with Crippen molar-refractivity contribution in [2.24, 2.45) is 0 Å². The van der Waals surface area contributed by atoms with Gasteiger partial charge in [0.2, 0.25) is 5.91 Å². The number of nitrogens with one attached hydrogen (secondary N) is 1. The van der Waals surface area contributed by atoms with E-state index in [2.05, 4.69) is 7.05 Å². The van der Waals surface area contributed by atoms with Crippen LogP contribution in [0.15, 0.2) is 0 Å². The van der Waals surface area contributed by atoms with Crippen molar-refractivity contribution < 1.29 is 9.69 Å². The molecule has 4 heteroatoms. The zero-order valence-electron chi connectivity index (χ0n) is 7.64. The number of alkyl halides is 1. The molecule has 12 heavy (non-hydrogen) atoms. The third-order valence-corrected chi connectivity index (χ3v) is 2.46. The Labute approximate surface area is 78.3 Å². The van der Waals surface area contributed by atoms with Crippen LogP contribution in [0.1, 0.15) is 6.92 Å². The molecular formula is C8H16ClN2O+. The molecule has 3 nitrogen and oxygen atoms in total. The summed E-state index contributed by atoms with van der Waals surface area (Å²) in [6, 6.07) is 0. The lowest BCUT2D eigenvalue weighted by Crippen LogP contribution is -3.12. The third-order valence-electron chi connectivity index (χ3n) is 2.27. The highest BCUT2D eigenvalue weighted by Crippen LogP contribution is 2.01. The number of quaternary nitrogens is 1. The first-order valence-corrected chi connectivity index (χ1v) is 4.79. The molecule has 1 amide bonds. The van der Waals surface area contributed by atoms with E-state index < -0.39 is 0 Å². The van der Waals surface area contributed by atoms with Crippen LogP contribution in [-0.2, 0) is 4.79 Å². The van der Waals surface area contributed by atoms with Gasteiger partial charge in [0.15, 0.2) is 0 Å². The Kier molecular flexibility index (Phi) is 3.35. The van der Waals surface area contributed by atoms with Crippen LogP contribution in [0.5, 0.6) is 0 Å². The Bertz CT molecular complexity index is 164. The zero-order chi connectivity index (χ0) is 9.14. The fraction of sp³-hybridized carbons (Fsp3) is 0.875. The number of likely N-dealkylation sites (N-methyl/N-ethyl adjacent to an activating group) is 1. The lowest BCUT2D eigenvalue weighted by atomic mass is 10.3. The second-order valence-electron chi connectivity index (χ2n) is 3.40. The lowest BCUT2D eigenvalue weighted by molar-refractivity contribution is -0.883. The summed E-state index contributed by atoms with van der Waals surface area (Å²) in [4.78, 5) is 14.7. The van der Waals surface area contributed by atoms with Crippen molar-refractivity contribution in [1.82, 2.24) is 4.90 Å². The number of rotatable bonds is 1. The molecule has 1 rings (SSSR count). The second kappa shape index (κ2) is 4.10. The van der Waals surface area contributed by atoms with Crippen LogP contribution in [-0.4, -0.2) is 49.4 Å². The lowest BCUT2D eigenvalue weighted by Gasteiger charge is -2.30. The number of nitrogens with zero attached hydrogens (tertiary/aromatic N) is 1. The van der Waals surface area contributed by atoms with Gasteiger partial charge in [0.25, 0.3) is 0 Å². The Morgan fingerprint density at radius 1 is 1.50 bits per heavy atom. The van der Waals surface area contributed by atoms with Gasteiger partial charge in [0, 0.05) is 0 Å². The average Bonchev–Trinajstić information content (AvgIpc) is 2.04. The van der Waals surface area contributed by atoms with E-state index in [-0.39, 0.29) is 11.3 Å². The van der Waals surface area contributed by atoms with Gasteiger partial charge in [0.1, 0.15) is 5.38 Å². The van der Waals surface area contributed by atoms with E-state index >= 15 is 0 Å². The van der Waals surface area contributed by atoms with E-state index in [1.807, 2.05) is 4.90 Å². The molecule has 0 aromatic heterocycles. The summed E-state index contributed by atoms with van der Waals surface area (Å²) in [5.41, 5.74) is 0. The highest BCUT2D eigenvalue weighted by molar-refractivity contribution is 6.30. The van der Waals surface area contributed by atoms with Crippen LogP contribution in [0.3, 0.4) is 0 Å². The van der Waals surface area contributed by atoms with E-state index in [4.69, 9.17) is 11.6 Å². The van der Waals surface area contributed by atoms with Gasteiger partial charge in [-0.05, 0) is 6.92 Å². The van der Waals surface area contributed by atoms with Crippen LogP contribution < -0.4 is 4.90 Å². The molecule has 0 spiro atoms. The van der Waals surface area contributed by atoms with Crippen LogP contribution in [0.2, 0.25) is 0 Å². The maximum atomic E-state index is 11.4. The highest BCUT2D eigenvalue weighted by atomic mass is 35.5. The largest absolute Gasteiger partial charge is 0.334 e. The summed E-state index contributed by atoms with van der Waals surface area (Å²) in [5, 5.41) is -0.372. The van der Waals surface area contributed by atoms with Crippen molar-refractivity contribution in [2.75, 3.05) is 33.2 Å². The van der Waals surface area contributed by atoms with E-state index in [0.717, 1.165) is 26.2 Å². The van der Waals surface area contributed by atoms with Crippen LogP contribution in [0.4, 0.5) is 0 Å². The van der Waals surface area contributed by atoms with E-state index in [9.17, 15) is 4.79 Å². The van der Waals surface area contributed by atoms with E-state index in [1.165, 1.54) is 4.90 Å². The van der Waals surface area contributed by atoms with Gasteiger partial charge in [-0.15, -0.1) is 11.6 Å². The topological polar surface area (TPSA) is 24.8 Å². The SMILES string of the molecule is C[C@H](Cl)C(=O)N1CC[NH+](C)CC1. The molecule has 0 saturated carbocycles. The van der Waals surface area contributed by atoms with Crippen molar-refractivity contribution in [1.29, 1.82) is 0 Å². The molecule has 1 fully saturated rings. The number of carbonyl (C=O) groups excluding carboxylic acids is 1. The molecule has 70 valence electrons. The van der Waals surface area contributed by atoms with Gasteiger partial charge in [0.05, 0.1) is 33.2 Å². The summed E-state index contributed by atoms with van der Waals surface area (Å²) in [6.07, 6.45) is 0. The minimum atomic E-state index is -0.372. The number of piperazine rings is 1. The van der Waals surface area contributed by atoms with Crippen molar-refractivity contribution in [2.45, 2.75) is 12.3 Å². The monoisotopic (exact) mass is 191 g/mol. The van der Waals surface area contributed by atoms with Gasteiger partial charge < -0.3 is 9.80 Å². The van der Waals surface area contributed by atoms with Gasteiger partial charge in [-0.25, -0.2) is 0 Å². The predicted molar refractivity (Wildman–Crippen MR) is 48.5 cm³/mol. The molecule has 0 aromatic rings. The number of hydrogen-bond acceptors (Lipinski definition) is 1. The standard InChI is InChI=1S/C8H15ClN2O/c1-7(9)8(12)11-5-3-10(2)4-6-11/h7H,3-6H2,1-2H3/p+1/t7-/m0/s1. The fourth-order valence-corrected chi connectivity index (χ4v) is 1.50. The van der Waals surface area contributed by atoms with Gasteiger partial charge in [-0.1, -0.05) is 0 Å². The minimum Gasteiger partial charge on any atom is -0.334 e. The highest BCUT2D eigenvalue weighted by Gasteiger charge is 2.23. The fourth-order valence-electron chi connectivity index (χ4n) is 1.36. The van der Waals surface area contributed by atoms with E-state index in [1.54, 1.807) is 6.92 Å². The summed E-state index contributed by atoms with van der Waals surface area (Å²) in [7, 11) is 2.14. The van der Waals surface area contributed by atoms with Crippen LogP contribution in [0, 0.1) is 0 Å². The Morgan fingerprint density at radius 3 is 2.42 bits per heavy atom. The average molecular weight is 192 g/mol. The molecule has 1 N–H and O–H groups in total.